The van der Waals surface area contributed by atoms with Gasteiger partial charge in [0.05, 0.1) is 31.7 Å². The van der Waals surface area contributed by atoms with Gasteiger partial charge in [0.1, 0.15) is 6.10 Å². The SMILES string of the molecule is C=COCCCCCCCCCC(CCCCCCCCC)(OCC1CO1)C1CCCCC1. The van der Waals surface area contributed by atoms with E-state index in [0.29, 0.717) is 6.10 Å². The van der Waals surface area contributed by atoms with Crippen molar-refractivity contribution in [1.82, 2.24) is 0 Å². The summed E-state index contributed by atoms with van der Waals surface area (Å²) in [5, 5.41) is 0. The second-order valence-corrected chi connectivity index (χ2v) is 10.8. The van der Waals surface area contributed by atoms with Gasteiger partial charge in [-0.05, 0) is 38.0 Å². The van der Waals surface area contributed by atoms with Crippen LogP contribution in [0.1, 0.15) is 142 Å². The first kappa shape index (κ1) is 28.7. The van der Waals surface area contributed by atoms with Gasteiger partial charge in [-0.15, -0.1) is 0 Å². The summed E-state index contributed by atoms with van der Waals surface area (Å²) in [6, 6.07) is 0. The fourth-order valence-electron chi connectivity index (χ4n) is 5.81. The quantitative estimate of drug-likeness (QED) is 0.0858. The lowest BCUT2D eigenvalue weighted by molar-refractivity contribution is -0.114. The zero-order valence-electron chi connectivity index (χ0n) is 22.1. The second kappa shape index (κ2) is 18.7. The third kappa shape index (κ3) is 13.2. The van der Waals surface area contributed by atoms with E-state index in [9.17, 15) is 0 Å². The summed E-state index contributed by atoms with van der Waals surface area (Å²) < 4.78 is 17.6. The molecule has 1 aliphatic carbocycles. The molecule has 2 atom stereocenters. The molecule has 0 aromatic carbocycles. The molecule has 0 spiro atoms. The topological polar surface area (TPSA) is 31.0 Å². The maximum atomic E-state index is 6.87. The minimum absolute atomic E-state index is 0.123. The molecule has 0 amide bonds. The first-order valence-corrected chi connectivity index (χ1v) is 14.8. The maximum absolute atomic E-state index is 6.87. The van der Waals surface area contributed by atoms with Crippen molar-refractivity contribution >= 4 is 0 Å². The Kier molecular flexibility index (Phi) is 16.3. The molecule has 1 saturated heterocycles. The van der Waals surface area contributed by atoms with Gasteiger partial charge in [-0.1, -0.05) is 116 Å². The Hall–Kier alpha value is -0.540. The summed E-state index contributed by atoms with van der Waals surface area (Å²) >= 11 is 0. The molecular formula is C30H56O3. The predicted molar refractivity (Wildman–Crippen MR) is 141 cm³/mol. The molecule has 2 unspecified atom stereocenters. The molecule has 1 heterocycles. The van der Waals surface area contributed by atoms with Crippen molar-refractivity contribution in [2.24, 2.45) is 5.92 Å². The second-order valence-electron chi connectivity index (χ2n) is 10.8. The Labute approximate surface area is 206 Å². The molecule has 3 heteroatoms. The van der Waals surface area contributed by atoms with Crippen molar-refractivity contribution in [3.8, 4) is 0 Å². The molecule has 0 N–H and O–H groups in total. The summed E-state index contributed by atoms with van der Waals surface area (Å²) in [4.78, 5) is 0. The van der Waals surface area contributed by atoms with Crippen LogP contribution in [-0.4, -0.2) is 31.5 Å². The average molecular weight is 465 g/mol. The highest BCUT2D eigenvalue weighted by atomic mass is 16.6. The number of ether oxygens (including phenoxy) is 3. The first-order valence-electron chi connectivity index (χ1n) is 14.8. The molecule has 1 aliphatic heterocycles. The minimum Gasteiger partial charge on any atom is -0.502 e. The van der Waals surface area contributed by atoms with Gasteiger partial charge in [0, 0.05) is 0 Å². The third-order valence-corrected chi connectivity index (χ3v) is 7.99. The van der Waals surface area contributed by atoms with Gasteiger partial charge in [-0.3, -0.25) is 0 Å². The number of hydrogen-bond acceptors (Lipinski definition) is 3. The number of rotatable bonds is 23. The summed E-state index contributed by atoms with van der Waals surface area (Å²) in [5.41, 5.74) is 0.123. The van der Waals surface area contributed by atoms with E-state index in [4.69, 9.17) is 14.2 Å². The zero-order chi connectivity index (χ0) is 23.5. The Morgan fingerprint density at radius 3 is 1.88 bits per heavy atom. The lowest BCUT2D eigenvalue weighted by Crippen LogP contribution is -2.43. The fraction of sp³-hybridized carbons (Fsp3) is 0.933. The highest BCUT2D eigenvalue weighted by Gasteiger charge is 2.40. The molecule has 33 heavy (non-hydrogen) atoms. The van der Waals surface area contributed by atoms with Crippen LogP contribution in [0.4, 0.5) is 0 Å². The molecular weight excluding hydrogens is 408 g/mol. The van der Waals surface area contributed by atoms with Gasteiger partial charge >= 0.3 is 0 Å². The van der Waals surface area contributed by atoms with Crippen LogP contribution in [0.2, 0.25) is 0 Å². The number of unbranched alkanes of at least 4 members (excludes halogenated alkanes) is 12. The minimum atomic E-state index is 0.123. The van der Waals surface area contributed by atoms with Crippen molar-refractivity contribution in [2.75, 3.05) is 19.8 Å². The van der Waals surface area contributed by atoms with E-state index in [2.05, 4.69) is 13.5 Å². The Bertz CT molecular complexity index is 455. The molecule has 0 aromatic rings. The van der Waals surface area contributed by atoms with E-state index in [0.717, 1.165) is 32.2 Å². The molecule has 0 radical (unpaired) electrons. The Morgan fingerprint density at radius 2 is 1.33 bits per heavy atom. The van der Waals surface area contributed by atoms with Gasteiger partial charge < -0.3 is 14.2 Å². The lowest BCUT2D eigenvalue weighted by atomic mass is 9.71. The van der Waals surface area contributed by atoms with Crippen LogP contribution in [0.25, 0.3) is 0 Å². The molecule has 2 aliphatic rings. The van der Waals surface area contributed by atoms with E-state index in [1.807, 2.05) is 0 Å². The van der Waals surface area contributed by atoms with Crippen LogP contribution in [0.15, 0.2) is 12.8 Å². The van der Waals surface area contributed by atoms with Crippen molar-refractivity contribution in [1.29, 1.82) is 0 Å². The van der Waals surface area contributed by atoms with Crippen LogP contribution in [0.5, 0.6) is 0 Å². The smallest absolute Gasteiger partial charge is 0.104 e. The summed E-state index contributed by atoms with van der Waals surface area (Å²) in [5.74, 6) is 0.773. The van der Waals surface area contributed by atoms with Crippen LogP contribution >= 0.6 is 0 Å². The summed E-state index contributed by atoms with van der Waals surface area (Å²) in [6.45, 7) is 8.48. The van der Waals surface area contributed by atoms with Crippen LogP contribution in [-0.2, 0) is 14.2 Å². The monoisotopic (exact) mass is 464 g/mol. The fourth-order valence-corrected chi connectivity index (χ4v) is 5.81. The van der Waals surface area contributed by atoms with Gasteiger partial charge in [0.25, 0.3) is 0 Å². The lowest BCUT2D eigenvalue weighted by Gasteiger charge is -2.43. The maximum Gasteiger partial charge on any atom is 0.104 e. The molecule has 0 aromatic heterocycles. The van der Waals surface area contributed by atoms with Gasteiger partial charge in [0.15, 0.2) is 0 Å². The normalized spacial score (nSPS) is 20.5. The molecule has 2 rings (SSSR count). The number of hydrogen-bond donors (Lipinski definition) is 0. The highest BCUT2D eigenvalue weighted by Crippen LogP contribution is 2.42. The predicted octanol–water partition coefficient (Wildman–Crippen LogP) is 9.14. The molecule has 1 saturated carbocycles. The van der Waals surface area contributed by atoms with Crippen molar-refractivity contribution < 1.29 is 14.2 Å². The van der Waals surface area contributed by atoms with Crippen LogP contribution in [0, 0.1) is 5.92 Å². The van der Waals surface area contributed by atoms with Gasteiger partial charge in [-0.25, -0.2) is 0 Å². The zero-order valence-corrected chi connectivity index (χ0v) is 22.1. The van der Waals surface area contributed by atoms with Gasteiger partial charge in [0.2, 0.25) is 0 Å². The van der Waals surface area contributed by atoms with Crippen molar-refractivity contribution in [2.45, 2.75) is 153 Å². The third-order valence-electron chi connectivity index (χ3n) is 7.99. The first-order chi connectivity index (χ1) is 16.3. The molecule has 3 nitrogen and oxygen atoms in total. The average Bonchev–Trinajstić information content (AvgIpc) is 3.68. The van der Waals surface area contributed by atoms with E-state index in [1.165, 1.54) is 128 Å². The van der Waals surface area contributed by atoms with E-state index >= 15 is 0 Å². The van der Waals surface area contributed by atoms with Gasteiger partial charge in [-0.2, -0.15) is 0 Å². The number of epoxide rings is 1. The van der Waals surface area contributed by atoms with Crippen molar-refractivity contribution in [3.05, 3.63) is 12.8 Å². The van der Waals surface area contributed by atoms with Crippen molar-refractivity contribution in [3.63, 3.8) is 0 Å². The van der Waals surface area contributed by atoms with E-state index < -0.39 is 0 Å². The molecule has 194 valence electrons. The molecule has 2 fully saturated rings. The highest BCUT2D eigenvalue weighted by molar-refractivity contribution is 4.91. The Balaban J connectivity index is 1.76. The van der Waals surface area contributed by atoms with Crippen LogP contribution < -0.4 is 0 Å². The molecule has 0 bridgehead atoms. The summed E-state index contributed by atoms with van der Waals surface area (Å²) in [6.07, 6.45) is 30.4. The standard InChI is InChI=1S/C30H56O3/c1-3-5-6-7-9-12-18-23-30(33-27-29-26-32-29,28-21-16-15-17-22-28)24-19-13-10-8-11-14-20-25-31-4-2/h4,28-29H,2-3,5-27H2,1H3. The van der Waals surface area contributed by atoms with E-state index in [-0.39, 0.29) is 5.60 Å². The Morgan fingerprint density at radius 1 is 0.788 bits per heavy atom. The largest absolute Gasteiger partial charge is 0.502 e. The van der Waals surface area contributed by atoms with Crippen LogP contribution in [0.3, 0.4) is 0 Å². The summed E-state index contributed by atoms with van der Waals surface area (Å²) in [7, 11) is 0. The van der Waals surface area contributed by atoms with E-state index in [1.54, 1.807) is 6.26 Å².